The third-order valence-corrected chi connectivity index (χ3v) is 3.20. The zero-order chi connectivity index (χ0) is 16.3. The lowest BCUT2D eigenvalue weighted by atomic mass is 10.2. The highest BCUT2D eigenvalue weighted by molar-refractivity contribution is 6.31. The summed E-state index contributed by atoms with van der Waals surface area (Å²) in [5.74, 6) is -0.479. The molecule has 0 saturated carbocycles. The van der Waals surface area contributed by atoms with E-state index in [1.807, 2.05) is 0 Å². The van der Waals surface area contributed by atoms with Gasteiger partial charge in [-0.05, 0) is 24.6 Å². The van der Waals surface area contributed by atoms with Crippen molar-refractivity contribution in [3.05, 3.63) is 67.6 Å². The van der Waals surface area contributed by atoms with Crippen molar-refractivity contribution >= 4 is 28.9 Å². The van der Waals surface area contributed by atoms with E-state index in [1.165, 1.54) is 0 Å². The Morgan fingerprint density at radius 2 is 2.09 bits per heavy atom. The zero-order valence-electron chi connectivity index (χ0n) is 11.6. The predicted molar refractivity (Wildman–Crippen MR) is 82.2 cm³/mol. The van der Waals surface area contributed by atoms with Crippen molar-refractivity contribution < 1.29 is 9.72 Å². The lowest BCUT2D eigenvalue weighted by Crippen LogP contribution is -2.27. The summed E-state index contributed by atoms with van der Waals surface area (Å²) in [5.41, 5.74) is 0.579. The second-order valence-corrected chi connectivity index (χ2v) is 5.05. The molecule has 0 fully saturated rings. The Bertz CT molecular complexity index is 801. The topological polar surface area (TPSA) is 94.2 Å². The first-order chi connectivity index (χ1) is 10.4. The highest BCUT2D eigenvalue weighted by atomic mass is 35.5. The fourth-order valence-electron chi connectivity index (χ4n) is 1.82. The first-order valence-corrected chi connectivity index (χ1v) is 6.65. The van der Waals surface area contributed by atoms with Crippen molar-refractivity contribution in [1.82, 2.24) is 4.57 Å². The first-order valence-electron chi connectivity index (χ1n) is 6.27. The third kappa shape index (κ3) is 3.70. The molecule has 2 rings (SSSR count). The van der Waals surface area contributed by atoms with Crippen molar-refractivity contribution in [2.75, 3.05) is 5.32 Å². The van der Waals surface area contributed by atoms with Crippen LogP contribution in [-0.4, -0.2) is 15.4 Å². The molecule has 0 saturated heterocycles. The molecule has 22 heavy (non-hydrogen) atoms. The van der Waals surface area contributed by atoms with Crippen molar-refractivity contribution in [3.63, 3.8) is 0 Å². The molecular weight excluding hydrogens is 310 g/mol. The molecule has 1 aromatic heterocycles. The smallest absolute Gasteiger partial charge is 0.285 e. The van der Waals surface area contributed by atoms with Gasteiger partial charge in [0, 0.05) is 22.8 Å². The van der Waals surface area contributed by atoms with E-state index in [1.54, 1.807) is 25.1 Å². The van der Waals surface area contributed by atoms with Crippen LogP contribution in [0.2, 0.25) is 5.02 Å². The summed E-state index contributed by atoms with van der Waals surface area (Å²) in [6.07, 6.45) is 1.03. The van der Waals surface area contributed by atoms with E-state index in [0.717, 1.165) is 28.5 Å². The van der Waals surface area contributed by atoms with E-state index in [9.17, 15) is 19.7 Å². The SMILES string of the molecule is Cc1ccc(Cl)cc1NC(=O)Cn1cc([N+](=O)[O-])ccc1=O. The molecule has 1 N–H and O–H groups in total. The monoisotopic (exact) mass is 321 g/mol. The summed E-state index contributed by atoms with van der Waals surface area (Å²) in [4.78, 5) is 33.7. The summed E-state index contributed by atoms with van der Waals surface area (Å²) < 4.78 is 0.980. The number of hydrogen-bond donors (Lipinski definition) is 1. The van der Waals surface area contributed by atoms with Crippen LogP contribution < -0.4 is 10.9 Å². The Morgan fingerprint density at radius 3 is 2.77 bits per heavy atom. The van der Waals surface area contributed by atoms with Crippen LogP contribution in [0.15, 0.2) is 41.3 Å². The Morgan fingerprint density at radius 1 is 1.36 bits per heavy atom. The number of aryl methyl sites for hydroxylation is 1. The summed E-state index contributed by atoms with van der Waals surface area (Å²) in [6, 6.07) is 7.17. The van der Waals surface area contributed by atoms with Gasteiger partial charge in [0.25, 0.3) is 11.2 Å². The minimum atomic E-state index is -0.630. The molecular formula is C14H12ClN3O4. The molecule has 114 valence electrons. The highest BCUT2D eigenvalue weighted by Crippen LogP contribution is 2.20. The van der Waals surface area contributed by atoms with Crippen molar-refractivity contribution in [2.24, 2.45) is 0 Å². The van der Waals surface area contributed by atoms with Gasteiger partial charge < -0.3 is 5.32 Å². The molecule has 7 nitrogen and oxygen atoms in total. The van der Waals surface area contributed by atoms with Crippen LogP contribution >= 0.6 is 11.6 Å². The van der Waals surface area contributed by atoms with Crippen molar-refractivity contribution in [1.29, 1.82) is 0 Å². The second kappa shape index (κ2) is 6.40. The number of hydrogen-bond acceptors (Lipinski definition) is 4. The summed E-state index contributed by atoms with van der Waals surface area (Å²) in [5, 5.41) is 13.8. The highest BCUT2D eigenvalue weighted by Gasteiger charge is 2.11. The van der Waals surface area contributed by atoms with Gasteiger partial charge in [-0.1, -0.05) is 17.7 Å². The lowest BCUT2D eigenvalue weighted by Gasteiger charge is -2.10. The molecule has 0 spiro atoms. The summed E-state index contributed by atoms with van der Waals surface area (Å²) in [6.45, 7) is 1.47. The third-order valence-electron chi connectivity index (χ3n) is 2.97. The van der Waals surface area contributed by atoms with Crippen LogP contribution in [0.25, 0.3) is 0 Å². The van der Waals surface area contributed by atoms with Crippen LogP contribution in [0.5, 0.6) is 0 Å². The molecule has 0 bridgehead atoms. The van der Waals surface area contributed by atoms with Crippen LogP contribution in [0.3, 0.4) is 0 Å². The van der Waals surface area contributed by atoms with Gasteiger partial charge in [0.1, 0.15) is 6.54 Å². The first kappa shape index (κ1) is 15.7. The van der Waals surface area contributed by atoms with Gasteiger partial charge in [-0.3, -0.25) is 24.3 Å². The molecule has 0 aliphatic rings. The Labute approximate surface area is 130 Å². The Balaban J connectivity index is 2.19. The molecule has 0 unspecified atom stereocenters. The molecule has 0 aliphatic carbocycles. The number of amides is 1. The largest absolute Gasteiger partial charge is 0.324 e. The van der Waals surface area contributed by atoms with E-state index < -0.39 is 16.4 Å². The van der Waals surface area contributed by atoms with Gasteiger partial charge in [0.15, 0.2) is 0 Å². The number of nitrogens with zero attached hydrogens (tertiary/aromatic N) is 2. The Hall–Kier alpha value is -2.67. The number of nitrogens with one attached hydrogen (secondary N) is 1. The summed E-state index contributed by atoms with van der Waals surface area (Å²) >= 11 is 5.86. The van der Waals surface area contributed by atoms with Crippen LogP contribution in [-0.2, 0) is 11.3 Å². The predicted octanol–water partition coefficient (Wildman–Crippen LogP) is 2.36. The van der Waals surface area contributed by atoms with Crippen LogP contribution in [0.1, 0.15) is 5.56 Å². The average Bonchev–Trinajstić information content (AvgIpc) is 2.45. The number of aromatic nitrogens is 1. The average molecular weight is 322 g/mol. The van der Waals surface area contributed by atoms with Crippen LogP contribution in [0, 0.1) is 17.0 Å². The van der Waals surface area contributed by atoms with Gasteiger partial charge in [0.05, 0.1) is 11.1 Å². The fourth-order valence-corrected chi connectivity index (χ4v) is 2.00. The fraction of sp³-hybridized carbons (Fsp3) is 0.143. The zero-order valence-corrected chi connectivity index (χ0v) is 12.3. The van der Waals surface area contributed by atoms with Gasteiger partial charge in [-0.15, -0.1) is 0 Å². The quantitative estimate of drug-likeness (QED) is 0.690. The molecule has 0 aliphatic heterocycles. The maximum atomic E-state index is 12.0. The number of carbonyl (C=O) groups is 1. The lowest BCUT2D eigenvalue weighted by molar-refractivity contribution is -0.385. The van der Waals surface area contributed by atoms with Crippen LogP contribution in [0.4, 0.5) is 11.4 Å². The minimum Gasteiger partial charge on any atom is -0.324 e. The van der Waals surface area contributed by atoms with E-state index in [4.69, 9.17) is 11.6 Å². The Kier molecular flexibility index (Phi) is 4.57. The number of anilines is 1. The van der Waals surface area contributed by atoms with E-state index in [2.05, 4.69) is 5.32 Å². The standard InChI is InChI=1S/C14H12ClN3O4/c1-9-2-3-10(15)6-12(9)16-13(19)8-17-7-11(18(21)22)4-5-14(17)20/h2-7H,8H2,1H3,(H,16,19). The second-order valence-electron chi connectivity index (χ2n) is 4.62. The molecule has 2 aromatic rings. The van der Waals surface area contributed by atoms with E-state index >= 15 is 0 Å². The van der Waals surface area contributed by atoms with Crippen molar-refractivity contribution in [3.8, 4) is 0 Å². The van der Waals surface area contributed by atoms with Gasteiger partial charge in [-0.25, -0.2) is 0 Å². The maximum absolute atomic E-state index is 12.0. The van der Waals surface area contributed by atoms with E-state index in [0.29, 0.717) is 10.7 Å². The summed E-state index contributed by atoms with van der Waals surface area (Å²) in [7, 11) is 0. The van der Waals surface area contributed by atoms with Gasteiger partial charge >= 0.3 is 0 Å². The molecule has 1 amide bonds. The van der Waals surface area contributed by atoms with Gasteiger partial charge in [0.2, 0.25) is 5.91 Å². The van der Waals surface area contributed by atoms with Crippen molar-refractivity contribution in [2.45, 2.75) is 13.5 Å². The molecule has 1 aromatic carbocycles. The van der Waals surface area contributed by atoms with E-state index in [-0.39, 0.29) is 12.2 Å². The van der Waals surface area contributed by atoms with Gasteiger partial charge in [-0.2, -0.15) is 0 Å². The molecule has 1 heterocycles. The number of benzene rings is 1. The molecule has 8 heteroatoms. The number of nitro groups is 1. The number of pyridine rings is 1. The maximum Gasteiger partial charge on any atom is 0.285 e. The molecule has 0 atom stereocenters. The number of halogens is 1. The number of rotatable bonds is 4. The number of carbonyl (C=O) groups excluding carboxylic acids is 1. The minimum absolute atomic E-state index is 0.258. The molecule has 0 radical (unpaired) electrons. The normalized spacial score (nSPS) is 10.3.